The monoisotopic (exact) mass is 338 g/mol. The number of amides is 2. The molecule has 0 spiro atoms. The Hall–Kier alpha value is -2.69. The van der Waals surface area contributed by atoms with Crippen LogP contribution in [0.1, 0.15) is 31.2 Å². The lowest BCUT2D eigenvalue weighted by molar-refractivity contribution is -0.118. The Labute approximate surface area is 145 Å². The molecule has 1 aliphatic heterocycles. The molecule has 1 saturated heterocycles. The molecule has 2 amide bonds. The second kappa shape index (κ2) is 5.99. The number of nitrogens with zero attached hydrogens (tertiary/aromatic N) is 1. The van der Waals surface area contributed by atoms with Crippen molar-refractivity contribution < 1.29 is 14.0 Å². The summed E-state index contributed by atoms with van der Waals surface area (Å²) in [6.07, 6.45) is 2.96. The first-order chi connectivity index (χ1) is 12.1. The minimum Gasteiger partial charge on any atom is -0.325 e. The molecule has 128 valence electrons. The zero-order valence-corrected chi connectivity index (χ0v) is 13.8. The molecule has 0 atom stereocenters. The first kappa shape index (κ1) is 15.8. The van der Waals surface area contributed by atoms with E-state index in [4.69, 9.17) is 0 Å². The SMILES string of the molecule is O=C1CCCN1c1cccc(NC(=O)C2(c3ccc(F)cc3)CC2)c1. The van der Waals surface area contributed by atoms with E-state index in [9.17, 15) is 14.0 Å². The van der Waals surface area contributed by atoms with Gasteiger partial charge in [0, 0.05) is 24.3 Å². The number of benzene rings is 2. The van der Waals surface area contributed by atoms with Crippen molar-refractivity contribution in [1.29, 1.82) is 0 Å². The van der Waals surface area contributed by atoms with Gasteiger partial charge in [-0.25, -0.2) is 4.39 Å². The number of carbonyl (C=O) groups is 2. The summed E-state index contributed by atoms with van der Waals surface area (Å²) in [6, 6.07) is 13.5. The quantitative estimate of drug-likeness (QED) is 0.925. The summed E-state index contributed by atoms with van der Waals surface area (Å²) >= 11 is 0. The number of hydrogen-bond donors (Lipinski definition) is 1. The molecule has 1 N–H and O–H groups in total. The molecule has 1 aliphatic carbocycles. The summed E-state index contributed by atoms with van der Waals surface area (Å²) in [5.41, 5.74) is 1.77. The molecule has 0 bridgehead atoms. The number of carbonyl (C=O) groups excluding carboxylic acids is 2. The Morgan fingerprint density at radius 3 is 2.52 bits per heavy atom. The van der Waals surface area contributed by atoms with E-state index >= 15 is 0 Å². The highest BCUT2D eigenvalue weighted by Crippen LogP contribution is 2.49. The van der Waals surface area contributed by atoms with Crippen LogP contribution in [0.25, 0.3) is 0 Å². The third-order valence-corrected chi connectivity index (χ3v) is 5.07. The van der Waals surface area contributed by atoms with Gasteiger partial charge in [0.1, 0.15) is 5.82 Å². The number of halogens is 1. The fourth-order valence-electron chi connectivity index (χ4n) is 3.46. The highest BCUT2D eigenvalue weighted by molar-refractivity contribution is 6.02. The summed E-state index contributed by atoms with van der Waals surface area (Å²) in [5, 5.41) is 2.97. The van der Waals surface area contributed by atoms with Crippen LogP contribution in [0.4, 0.5) is 15.8 Å². The summed E-state index contributed by atoms with van der Waals surface area (Å²) < 4.78 is 13.1. The average Bonchev–Trinajstić information content (AvgIpc) is 3.31. The van der Waals surface area contributed by atoms with Gasteiger partial charge in [-0.3, -0.25) is 9.59 Å². The fourth-order valence-corrected chi connectivity index (χ4v) is 3.46. The van der Waals surface area contributed by atoms with Crippen LogP contribution in [0.2, 0.25) is 0 Å². The van der Waals surface area contributed by atoms with Crippen molar-refractivity contribution in [2.45, 2.75) is 31.1 Å². The predicted molar refractivity (Wildman–Crippen MR) is 94.0 cm³/mol. The molecule has 4 rings (SSSR count). The molecule has 0 radical (unpaired) electrons. The zero-order valence-electron chi connectivity index (χ0n) is 13.8. The third kappa shape index (κ3) is 2.90. The molecule has 2 aromatic carbocycles. The average molecular weight is 338 g/mol. The maximum absolute atomic E-state index is 13.1. The van der Waals surface area contributed by atoms with E-state index in [0.29, 0.717) is 12.1 Å². The van der Waals surface area contributed by atoms with Gasteiger partial charge in [-0.2, -0.15) is 0 Å². The van der Waals surface area contributed by atoms with E-state index in [1.165, 1.54) is 12.1 Å². The maximum atomic E-state index is 13.1. The Morgan fingerprint density at radius 1 is 1.12 bits per heavy atom. The highest BCUT2D eigenvalue weighted by atomic mass is 19.1. The van der Waals surface area contributed by atoms with E-state index < -0.39 is 5.41 Å². The first-order valence-corrected chi connectivity index (χ1v) is 8.56. The van der Waals surface area contributed by atoms with Gasteiger partial charge in [-0.15, -0.1) is 0 Å². The minimum atomic E-state index is -0.562. The van der Waals surface area contributed by atoms with Crippen LogP contribution in [-0.2, 0) is 15.0 Å². The van der Waals surface area contributed by atoms with Crippen molar-refractivity contribution in [2.24, 2.45) is 0 Å². The van der Waals surface area contributed by atoms with Gasteiger partial charge in [-0.1, -0.05) is 18.2 Å². The lowest BCUT2D eigenvalue weighted by Gasteiger charge is -2.19. The number of rotatable bonds is 4. The Morgan fingerprint density at radius 2 is 1.88 bits per heavy atom. The molecule has 2 aromatic rings. The van der Waals surface area contributed by atoms with Crippen LogP contribution in [-0.4, -0.2) is 18.4 Å². The molecule has 5 heteroatoms. The molecule has 0 unspecified atom stereocenters. The smallest absolute Gasteiger partial charge is 0.235 e. The summed E-state index contributed by atoms with van der Waals surface area (Å²) in [5.74, 6) is -0.264. The van der Waals surface area contributed by atoms with Crippen LogP contribution in [0.3, 0.4) is 0 Å². The largest absolute Gasteiger partial charge is 0.325 e. The molecule has 1 saturated carbocycles. The first-order valence-electron chi connectivity index (χ1n) is 8.56. The van der Waals surface area contributed by atoms with E-state index in [0.717, 1.165) is 37.1 Å². The molecular weight excluding hydrogens is 319 g/mol. The number of hydrogen-bond acceptors (Lipinski definition) is 2. The number of anilines is 2. The standard InChI is InChI=1S/C20H19FN2O2/c21-15-8-6-14(7-9-15)20(10-11-20)19(25)22-16-3-1-4-17(13-16)23-12-2-5-18(23)24/h1,3-4,6-9,13H,2,5,10-12H2,(H,22,25). The fraction of sp³-hybridized carbons (Fsp3) is 0.300. The van der Waals surface area contributed by atoms with Gasteiger partial charge in [0.25, 0.3) is 0 Å². The predicted octanol–water partition coefficient (Wildman–Crippen LogP) is 3.62. The third-order valence-electron chi connectivity index (χ3n) is 5.07. The Kier molecular flexibility index (Phi) is 3.79. The second-order valence-electron chi connectivity index (χ2n) is 6.74. The summed E-state index contributed by atoms with van der Waals surface area (Å²) in [4.78, 5) is 26.4. The van der Waals surface area contributed by atoms with Gasteiger partial charge in [0.15, 0.2) is 0 Å². The van der Waals surface area contributed by atoms with Crippen molar-refractivity contribution >= 4 is 23.2 Å². The van der Waals surface area contributed by atoms with Crippen LogP contribution in [0.15, 0.2) is 48.5 Å². The molecule has 4 nitrogen and oxygen atoms in total. The van der Waals surface area contributed by atoms with Gasteiger partial charge in [0.2, 0.25) is 11.8 Å². The minimum absolute atomic E-state index is 0.0796. The van der Waals surface area contributed by atoms with E-state index in [2.05, 4.69) is 5.32 Å². The van der Waals surface area contributed by atoms with Gasteiger partial charge >= 0.3 is 0 Å². The Balaban J connectivity index is 1.53. The van der Waals surface area contributed by atoms with E-state index in [-0.39, 0.29) is 17.6 Å². The van der Waals surface area contributed by atoms with Crippen LogP contribution in [0.5, 0.6) is 0 Å². The summed E-state index contributed by atoms with van der Waals surface area (Å²) in [7, 11) is 0. The molecule has 0 aromatic heterocycles. The van der Waals surface area contributed by atoms with Crippen LogP contribution in [0, 0.1) is 5.82 Å². The maximum Gasteiger partial charge on any atom is 0.235 e. The van der Waals surface area contributed by atoms with Crippen molar-refractivity contribution in [3.63, 3.8) is 0 Å². The zero-order chi connectivity index (χ0) is 17.4. The van der Waals surface area contributed by atoms with Crippen molar-refractivity contribution in [3.8, 4) is 0 Å². The second-order valence-corrected chi connectivity index (χ2v) is 6.74. The molecular formula is C20H19FN2O2. The van der Waals surface area contributed by atoms with E-state index in [1.54, 1.807) is 17.0 Å². The van der Waals surface area contributed by atoms with Crippen LogP contribution < -0.4 is 10.2 Å². The van der Waals surface area contributed by atoms with Gasteiger partial charge in [0.05, 0.1) is 5.41 Å². The Bertz CT molecular complexity index is 828. The molecule has 2 fully saturated rings. The van der Waals surface area contributed by atoms with E-state index in [1.807, 2.05) is 24.3 Å². The van der Waals surface area contributed by atoms with Crippen LogP contribution >= 0.6 is 0 Å². The summed E-state index contributed by atoms with van der Waals surface area (Å²) in [6.45, 7) is 0.718. The van der Waals surface area contributed by atoms with Crippen molar-refractivity contribution in [2.75, 3.05) is 16.8 Å². The van der Waals surface area contributed by atoms with Crippen molar-refractivity contribution in [3.05, 3.63) is 59.9 Å². The highest BCUT2D eigenvalue weighted by Gasteiger charge is 2.51. The molecule has 2 aliphatic rings. The lowest BCUT2D eigenvalue weighted by Crippen LogP contribution is -2.28. The normalized spacial score (nSPS) is 18.3. The van der Waals surface area contributed by atoms with Crippen molar-refractivity contribution in [1.82, 2.24) is 0 Å². The topological polar surface area (TPSA) is 49.4 Å². The lowest BCUT2D eigenvalue weighted by atomic mass is 9.95. The molecule has 25 heavy (non-hydrogen) atoms. The molecule has 1 heterocycles. The van der Waals surface area contributed by atoms with Gasteiger partial charge < -0.3 is 10.2 Å². The number of nitrogens with one attached hydrogen (secondary N) is 1. The van der Waals surface area contributed by atoms with Gasteiger partial charge in [-0.05, 0) is 55.2 Å².